The van der Waals surface area contributed by atoms with E-state index in [0.717, 1.165) is 10.5 Å². The van der Waals surface area contributed by atoms with Gasteiger partial charge in [0.2, 0.25) is 23.6 Å². The Morgan fingerprint density at radius 1 is 0.875 bits per heavy atom. The Labute approximate surface area is 185 Å². The number of imide groups is 2. The Kier molecular flexibility index (Phi) is 7.54. The van der Waals surface area contributed by atoms with Crippen molar-refractivity contribution in [1.82, 2.24) is 20.0 Å². The Balaban J connectivity index is 1.48. The molecule has 0 spiro atoms. The van der Waals surface area contributed by atoms with Gasteiger partial charge >= 0.3 is 6.16 Å². The molecular formula is C21H26N4O7. The zero-order valence-electron chi connectivity index (χ0n) is 18.0. The molecule has 2 saturated heterocycles. The molecule has 1 N–H and O–H groups in total. The molecule has 2 heterocycles. The normalized spacial score (nSPS) is 20.0. The van der Waals surface area contributed by atoms with Crippen LogP contribution in [0.25, 0.3) is 0 Å². The van der Waals surface area contributed by atoms with Crippen LogP contribution >= 0.6 is 0 Å². The van der Waals surface area contributed by atoms with Crippen molar-refractivity contribution in [3.05, 3.63) is 35.9 Å². The fourth-order valence-electron chi connectivity index (χ4n) is 3.58. The highest BCUT2D eigenvalue weighted by Gasteiger charge is 2.38. The molecule has 0 aromatic heterocycles. The molecule has 0 saturated carbocycles. The maximum absolute atomic E-state index is 12.5. The van der Waals surface area contributed by atoms with Crippen LogP contribution < -0.4 is 5.32 Å². The third-order valence-electron chi connectivity index (χ3n) is 5.61. The van der Waals surface area contributed by atoms with Crippen LogP contribution in [0, 0.1) is 0 Å². The van der Waals surface area contributed by atoms with Gasteiger partial charge in [-0.25, -0.2) is 9.69 Å². The summed E-state index contributed by atoms with van der Waals surface area (Å²) in [6.45, 7) is 3.17. The van der Waals surface area contributed by atoms with Crippen LogP contribution in [0.15, 0.2) is 30.3 Å². The van der Waals surface area contributed by atoms with Crippen molar-refractivity contribution in [2.75, 3.05) is 32.9 Å². The van der Waals surface area contributed by atoms with E-state index < -0.39 is 24.7 Å². The molecular weight excluding hydrogens is 420 g/mol. The number of amides is 4. The molecule has 1 aromatic rings. The molecule has 0 bridgehead atoms. The molecule has 2 atom stereocenters. The monoisotopic (exact) mass is 446 g/mol. The van der Waals surface area contributed by atoms with Gasteiger partial charge in [-0.1, -0.05) is 30.3 Å². The Morgan fingerprint density at radius 2 is 1.41 bits per heavy atom. The number of hydrogen-bond donors (Lipinski definition) is 1. The van der Waals surface area contributed by atoms with Gasteiger partial charge in [-0.2, -0.15) is 0 Å². The van der Waals surface area contributed by atoms with E-state index in [1.165, 1.54) is 0 Å². The summed E-state index contributed by atoms with van der Waals surface area (Å²) in [5, 5.41) is 2.24. The quantitative estimate of drug-likeness (QED) is 0.444. The minimum atomic E-state index is -0.980. The van der Waals surface area contributed by atoms with E-state index in [9.17, 15) is 24.0 Å². The smallest absolute Gasteiger partial charge is 0.429 e. The summed E-state index contributed by atoms with van der Waals surface area (Å²) in [5.41, 5.74) is 0.779. The zero-order chi connectivity index (χ0) is 23.3. The van der Waals surface area contributed by atoms with E-state index in [0.29, 0.717) is 0 Å². The largest absolute Gasteiger partial charge is 0.510 e. The van der Waals surface area contributed by atoms with Gasteiger partial charge < -0.3 is 9.47 Å². The first-order chi connectivity index (χ1) is 15.2. The fourth-order valence-corrected chi connectivity index (χ4v) is 3.58. The minimum Gasteiger partial charge on any atom is -0.429 e. The van der Waals surface area contributed by atoms with Crippen LogP contribution in [-0.2, 0) is 35.3 Å². The highest BCUT2D eigenvalue weighted by atomic mass is 16.7. The standard InChI is InChI=1S/C21H26N4O7/c1-14(23-8-17(26)22-18(27)9-23)15(2)24-10-19(28)25(20(29)11-24)13-32-21(30)31-12-16-6-4-3-5-7-16/h3-7,14-15H,8-13H2,1-2H3,(H,22,26,27). The summed E-state index contributed by atoms with van der Waals surface area (Å²) in [5.74, 6) is -1.78. The van der Waals surface area contributed by atoms with E-state index in [2.05, 4.69) is 5.32 Å². The van der Waals surface area contributed by atoms with Crippen molar-refractivity contribution in [3.63, 3.8) is 0 Å². The van der Waals surface area contributed by atoms with Gasteiger partial charge in [-0.3, -0.25) is 34.3 Å². The highest BCUT2D eigenvalue weighted by Crippen LogP contribution is 2.16. The maximum atomic E-state index is 12.5. The molecule has 0 radical (unpaired) electrons. The number of carbonyl (C=O) groups is 5. The average molecular weight is 446 g/mol. The molecule has 172 valence electrons. The Bertz CT molecular complexity index is 857. The minimum absolute atomic E-state index is 0.0156. The van der Waals surface area contributed by atoms with E-state index in [-0.39, 0.29) is 56.7 Å². The molecule has 2 aliphatic rings. The predicted octanol–water partition coefficient (Wildman–Crippen LogP) is -0.296. The summed E-state index contributed by atoms with van der Waals surface area (Å²) in [6, 6.07) is 8.49. The SMILES string of the molecule is CC(C(C)N1CC(=O)N(COC(=O)OCc2ccccc2)C(=O)C1)N1CC(=O)NC(=O)C1. The average Bonchev–Trinajstić information content (AvgIpc) is 2.76. The maximum Gasteiger partial charge on any atom is 0.510 e. The number of hydrogen-bond acceptors (Lipinski definition) is 9. The number of ether oxygens (including phenoxy) is 2. The van der Waals surface area contributed by atoms with Gasteiger partial charge in [-0.05, 0) is 19.4 Å². The number of benzene rings is 1. The molecule has 2 fully saturated rings. The molecule has 11 heteroatoms. The van der Waals surface area contributed by atoms with Crippen molar-refractivity contribution in [2.45, 2.75) is 32.5 Å². The van der Waals surface area contributed by atoms with Crippen molar-refractivity contribution in [2.24, 2.45) is 0 Å². The van der Waals surface area contributed by atoms with Gasteiger partial charge in [0.25, 0.3) is 0 Å². The second-order valence-electron chi connectivity index (χ2n) is 7.78. The van der Waals surface area contributed by atoms with Gasteiger partial charge in [0.15, 0.2) is 6.73 Å². The third kappa shape index (κ3) is 5.89. The molecule has 32 heavy (non-hydrogen) atoms. The summed E-state index contributed by atoms with van der Waals surface area (Å²) in [7, 11) is 0. The first-order valence-electron chi connectivity index (χ1n) is 10.2. The first-order valence-corrected chi connectivity index (χ1v) is 10.2. The Morgan fingerprint density at radius 3 is 1.97 bits per heavy atom. The van der Waals surface area contributed by atoms with Gasteiger partial charge in [0, 0.05) is 12.1 Å². The first kappa shape index (κ1) is 23.4. The number of carbonyl (C=O) groups excluding carboxylic acids is 5. The zero-order valence-corrected chi connectivity index (χ0v) is 18.0. The molecule has 4 amide bonds. The molecule has 11 nitrogen and oxygen atoms in total. The lowest BCUT2D eigenvalue weighted by atomic mass is 10.1. The number of rotatable bonds is 7. The van der Waals surface area contributed by atoms with E-state index in [1.807, 2.05) is 19.9 Å². The highest BCUT2D eigenvalue weighted by molar-refractivity contribution is 6.00. The number of nitrogens with one attached hydrogen (secondary N) is 1. The molecule has 2 unspecified atom stereocenters. The topological polar surface area (TPSA) is 126 Å². The molecule has 1 aromatic carbocycles. The van der Waals surface area contributed by atoms with Gasteiger partial charge in [0.05, 0.1) is 26.2 Å². The van der Waals surface area contributed by atoms with E-state index >= 15 is 0 Å². The third-order valence-corrected chi connectivity index (χ3v) is 5.61. The molecule has 3 rings (SSSR count). The number of piperazine rings is 2. The van der Waals surface area contributed by atoms with Crippen LogP contribution in [0.3, 0.4) is 0 Å². The van der Waals surface area contributed by atoms with Gasteiger partial charge in [0.1, 0.15) is 6.61 Å². The van der Waals surface area contributed by atoms with Crippen LogP contribution in [0.5, 0.6) is 0 Å². The lowest BCUT2D eigenvalue weighted by Gasteiger charge is -2.41. The summed E-state index contributed by atoms with van der Waals surface area (Å²) in [4.78, 5) is 64.3. The van der Waals surface area contributed by atoms with Crippen LogP contribution in [0.1, 0.15) is 19.4 Å². The van der Waals surface area contributed by atoms with Crippen LogP contribution in [0.2, 0.25) is 0 Å². The molecule has 2 aliphatic heterocycles. The summed E-state index contributed by atoms with van der Waals surface area (Å²) >= 11 is 0. The number of nitrogens with zero attached hydrogens (tertiary/aromatic N) is 3. The lowest BCUT2D eigenvalue weighted by Crippen LogP contribution is -2.62. The van der Waals surface area contributed by atoms with Crippen molar-refractivity contribution < 1.29 is 33.4 Å². The second kappa shape index (κ2) is 10.3. The van der Waals surface area contributed by atoms with Crippen LogP contribution in [0.4, 0.5) is 4.79 Å². The summed E-state index contributed by atoms with van der Waals surface area (Å²) in [6.07, 6.45) is -0.980. The molecule has 0 aliphatic carbocycles. The van der Waals surface area contributed by atoms with Crippen molar-refractivity contribution >= 4 is 29.8 Å². The van der Waals surface area contributed by atoms with Crippen molar-refractivity contribution in [1.29, 1.82) is 0 Å². The second-order valence-corrected chi connectivity index (χ2v) is 7.78. The van der Waals surface area contributed by atoms with E-state index in [4.69, 9.17) is 9.47 Å². The summed E-state index contributed by atoms with van der Waals surface area (Å²) < 4.78 is 9.90. The Hall–Kier alpha value is -3.31. The van der Waals surface area contributed by atoms with E-state index in [1.54, 1.807) is 34.1 Å². The fraction of sp³-hybridized carbons (Fsp3) is 0.476. The van der Waals surface area contributed by atoms with Gasteiger partial charge in [-0.15, -0.1) is 0 Å². The lowest BCUT2D eigenvalue weighted by molar-refractivity contribution is -0.158. The predicted molar refractivity (Wildman–Crippen MR) is 110 cm³/mol. The van der Waals surface area contributed by atoms with Crippen LogP contribution in [-0.4, -0.2) is 89.5 Å². The van der Waals surface area contributed by atoms with Crippen molar-refractivity contribution in [3.8, 4) is 0 Å².